The maximum atomic E-state index is 12.2. The van der Waals surface area contributed by atoms with Gasteiger partial charge in [-0.05, 0) is 36.4 Å². The Morgan fingerprint density at radius 2 is 1.75 bits per heavy atom. The number of quaternary nitrogens is 1. The molecule has 0 unspecified atom stereocenters. The highest BCUT2D eigenvalue weighted by atomic mass is 16.5. The van der Waals surface area contributed by atoms with Crippen molar-refractivity contribution >= 4 is 11.6 Å². The van der Waals surface area contributed by atoms with E-state index in [0.29, 0.717) is 5.56 Å². The Kier molecular flexibility index (Phi) is 5.46. The molecule has 0 atom stereocenters. The third-order valence-corrected chi connectivity index (χ3v) is 4.22. The zero-order chi connectivity index (χ0) is 16.8. The predicted octanol–water partition coefficient (Wildman–Crippen LogP) is 1.36. The van der Waals surface area contributed by atoms with Crippen LogP contribution in [0.2, 0.25) is 0 Å². The monoisotopic (exact) mass is 327 g/mol. The molecule has 126 valence electrons. The van der Waals surface area contributed by atoms with E-state index in [0.717, 1.165) is 44.3 Å². The lowest BCUT2D eigenvalue weighted by Gasteiger charge is -2.23. The van der Waals surface area contributed by atoms with Gasteiger partial charge in [0, 0.05) is 16.8 Å². The average Bonchev–Trinajstić information content (AvgIpc) is 2.64. The minimum Gasteiger partial charge on any atom is -0.497 e. The zero-order valence-corrected chi connectivity index (χ0v) is 13.9. The first-order valence-corrected chi connectivity index (χ1v) is 8.20. The van der Waals surface area contributed by atoms with Gasteiger partial charge in [-0.2, -0.15) is 0 Å². The molecule has 5 heteroatoms. The summed E-state index contributed by atoms with van der Waals surface area (Å²) < 4.78 is 10.5. The molecular weight excluding hydrogens is 304 g/mol. The van der Waals surface area contributed by atoms with Gasteiger partial charge in [0.25, 0.3) is 5.91 Å². The number of ether oxygens (including phenoxy) is 2. The van der Waals surface area contributed by atoms with E-state index in [-0.39, 0.29) is 5.91 Å². The molecule has 2 N–H and O–H groups in total. The summed E-state index contributed by atoms with van der Waals surface area (Å²) in [7, 11) is 1.61. The molecule has 24 heavy (non-hydrogen) atoms. The molecular formula is C19H23N2O3+. The average molecular weight is 327 g/mol. The van der Waals surface area contributed by atoms with Crippen molar-refractivity contribution in [3.8, 4) is 5.75 Å². The Bertz CT molecular complexity index is 662. The van der Waals surface area contributed by atoms with Gasteiger partial charge in [0.1, 0.15) is 25.4 Å². The molecule has 2 aromatic carbocycles. The Hall–Kier alpha value is -2.37. The van der Waals surface area contributed by atoms with Crippen molar-refractivity contribution < 1.29 is 19.2 Å². The number of nitrogens with one attached hydrogen (secondary N) is 2. The van der Waals surface area contributed by atoms with Crippen molar-refractivity contribution in [1.29, 1.82) is 0 Å². The Balaban J connectivity index is 1.57. The Morgan fingerprint density at radius 3 is 2.38 bits per heavy atom. The quantitative estimate of drug-likeness (QED) is 0.872. The molecule has 1 saturated heterocycles. The van der Waals surface area contributed by atoms with E-state index < -0.39 is 0 Å². The third kappa shape index (κ3) is 4.34. The number of methoxy groups -OCH3 is 1. The summed E-state index contributed by atoms with van der Waals surface area (Å²) >= 11 is 0. The fourth-order valence-electron chi connectivity index (χ4n) is 2.78. The largest absolute Gasteiger partial charge is 0.497 e. The number of anilines is 1. The predicted molar refractivity (Wildman–Crippen MR) is 92.6 cm³/mol. The van der Waals surface area contributed by atoms with Gasteiger partial charge in [-0.3, -0.25) is 4.79 Å². The molecule has 0 aliphatic carbocycles. The fraction of sp³-hybridized carbons (Fsp3) is 0.316. The summed E-state index contributed by atoms with van der Waals surface area (Å²) in [6, 6.07) is 15.1. The smallest absolute Gasteiger partial charge is 0.255 e. The van der Waals surface area contributed by atoms with E-state index in [9.17, 15) is 4.79 Å². The first kappa shape index (κ1) is 16.5. The van der Waals surface area contributed by atoms with Gasteiger partial charge >= 0.3 is 0 Å². The number of rotatable bonds is 5. The lowest BCUT2D eigenvalue weighted by molar-refractivity contribution is -0.921. The number of carbonyl (C=O) groups excluding carboxylic acids is 1. The van der Waals surface area contributed by atoms with E-state index in [1.165, 1.54) is 10.5 Å². The maximum absolute atomic E-state index is 12.2. The van der Waals surface area contributed by atoms with E-state index in [1.807, 2.05) is 12.1 Å². The second-order valence-corrected chi connectivity index (χ2v) is 5.92. The molecule has 3 rings (SSSR count). The van der Waals surface area contributed by atoms with Gasteiger partial charge in [-0.1, -0.05) is 12.1 Å². The van der Waals surface area contributed by atoms with Gasteiger partial charge in [0.2, 0.25) is 0 Å². The van der Waals surface area contributed by atoms with Crippen LogP contribution in [0.1, 0.15) is 15.9 Å². The van der Waals surface area contributed by atoms with Crippen molar-refractivity contribution in [1.82, 2.24) is 0 Å². The number of hydrogen-bond acceptors (Lipinski definition) is 3. The number of morpholine rings is 1. The highest BCUT2D eigenvalue weighted by molar-refractivity contribution is 6.04. The maximum Gasteiger partial charge on any atom is 0.255 e. The molecule has 5 nitrogen and oxygen atoms in total. The van der Waals surface area contributed by atoms with Crippen molar-refractivity contribution in [2.75, 3.05) is 38.7 Å². The summed E-state index contributed by atoms with van der Waals surface area (Å²) in [6.45, 7) is 4.78. The molecule has 0 saturated carbocycles. The molecule has 1 fully saturated rings. The van der Waals surface area contributed by atoms with Crippen LogP contribution in [-0.2, 0) is 11.3 Å². The van der Waals surface area contributed by atoms with Crippen LogP contribution in [-0.4, -0.2) is 39.3 Å². The molecule has 2 aromatic rings. The minimum absolute atomic E-state index is 0.121. The molecule has 1 heterocycles. The summed E-state index contributed by atoms with van der Waals surface area (Å²) in [5.74, 6) is 0.616. The molecule has 0 bridgehead atoms. The van der Waals surface area contributed by atoms with Crippen LogP contribution < -0.4 is 15.0 Å². The van der Waals surface area contributed by atoms with Crippen LogP contribution >= 0.6 is 0 Å². The van der Waals surface area contributed by atoms with Crippen molar-refractivity contribution in [2.24, 2.45) is 0 Å². The Morgan fingerprint density at radius 1 is 1.08 bits per heavy atom. The highest BCUT2D eigenvalue weighted by Gasteiger charge is 2.14. The minimum atomic E-state index is -0.121. The van der Waals surface area contributed by atoms with Crippen LogP contribution in [0.25, 0.3) is 0 Å². The normalized spacial score (nSPS) is 15.0. The summed E-state index contributed by atoms with van der Waals surface area (Å²) in [5, 5.41) is 2.92. The summed E-state index contributed by atoms with van der Waals surface area (Å²) in [5.41, 5.74) is 2.68. The lowest BCUT2D eigenvalue weighted by Crippen LogP contribution is -3.12. The molecule has 1 aliphatic rings. The molecule has 1 amide bonds. The van der Waals surface area contributed by atoms with Gasteiger partial charge in [-0.15, -0.1) is 0 Å². The van der Waals surface area contributed by atoms with E-state index >= 15 is 0 Å². The Labute approximate surface area is 142 Å². The zero-order valence-electron chi connectivity index (χ0n) is 13.9. The SMILES string of the molecule is COc1ccc(C(=O)Nc2ccc(C[NH+]3CCOCC3)cc2)cc1. The highest BCUT2D eigenvalue weighted by Crippen LogP contribution is 2.14. The van der Waals surface area contributed by atoms with Crippen LogP contribution in [0.5, 0.6) is 5.75 Å². The first-order chi connectivity index (χ1) is 11.7. The first-order valence-electron chi connectivity index (χ1n) is 8.20. The van der Waals surface area contributed by atoms with E-state index in [4.69, 9.17) is 9.47 Å². The number of carbonyl (C=O) groups is 1. The van der Waals surface area contributed by atoms with Crippen LogP contribution in [0.4, 0.5) is 5.69 Å². The second kappa shape index (κ2) is 7.95. The number of amides is 1. The van der Waals surface area contributed by atoms with Gasteiger partial charge < -0.3 is 19.7 Å². The van der Waals surface area contributed by atoms with Crippen molar-refractivity contribution in [3.05, 3.63) is 59.7 Å². The number of hydrogen-bond donors (Lipinski definition) is 2. The van der Waals surface area contributed by atoms with Crippen molar-refractivity contribution in [2.45, 2.75) is 6.54 Å². The van der Waals surface area contributed by atoms with Crippen molar-refractivity contribution in [3.63, 3.8) is 0 Å². The van der Waals surface area contributed by atoms with Gasteiger partial charge in [0.05, 0.1) is 20.3 Å². The third-order valence-electron chi connectivity index (χ3n) is 4.22. The number of benzene rings is 2. The lowest BCUT2D eigenvalue weighted by atomic mass is 10.1. The van der Waals surface area contributed by atoms with E-state index in [1.54, 1.807) is 31.4 Å². The molecule has 1 aliphatic heterocycles. The fourth-order valence-corrected chi connectivity index (χ4v) is 2.78. The molecule has 0 aromatic heterocycles. The van der Waals surface area contributed by atoms with Gasteiger partial charge in [-0.25, -0.2) is 0 Å². The van der Waals surface area contributed by atoms with E-state index in [2.05, 4.69) is 17.4 Å². The topological polar surface area (TPSA) is 52.0 Å². The second-order valence-electron chi connectivity index (χ2n) is 5.92. The molecule has 0 radical (unpaired) electrons. The molecule has 0 spiro atoms. The van der Waals surface area contributed by atoms with Crippen LogP contribution in [0, 0.1) is 0 Å². The summed E-state index contributed by atoms with van der Waals surface area (Å²) in [6.07, 6.45) is 0. The van der Waals surface area contributed by atoms with Crippen LogP contribution in [0.15, 0.2) is 48.5 Å². The van der Waals surface area contributed by atoms with Gasteiger partial charge in [0.15, 0.2) is 0 Å². The standard InChI is InChI=1S/C19H22N2O3/c1-23-18-8-4-16(5-9-18)19(22)20-17-6-2-15(3-7-17)14-21-10-12-24-13-11-21/h2-9H,10-14H2,1H3,(H,20,22)/p+1. The van der Waals surface area contributed by atoms with Crippen LogP contribution in [0.3, 0.4) is 0 Å². The summed E-state index contributed by atoms with van der Waals surface area (Å²) in [4.78, 5) is 13.8.